The molecule has 120 valence electrons. The summed E-state index contributed by atoms with van der Waals surface area (Å²) in [6.45, 7) is 5.51. The van der Waals surface area contributed by atoms with Gasteiger partial charge in [-0.25, -0.2) is 4.79 Å². The van der Waals surface area contributed by atoms with E-state index in [2.05, 4.69) is 31.3 Å². The first-order chi connectivity index (χ1) is 11.0. The summed E-state index contributed by atoms with van der Waals surface area (Å²) in [7, 11) is 0. The van der Waals surface area contributed by atoms with Crippen molar-refractivity contribution in [2.75, 3.05) is 6.54 Å². The van der Waals surface area contributed by atoms with Crippen molar-refractivity contribution in [1.82, 2.24) is 10.2 Å². The minimum absolute atomic E-state index is 0.0680. The largest absolute Gasteiger partial charge is 0.508 e. The topological polar surface area (TPSA) is 52.6 Å². The molecule has 2 N–H and O–H groups in total. The number of benzene rings is 2. The Morgan fingerprint density at radius 3 is 2.61 bits per heavy atom. The number of phenols is 1. The van der Waals surface area contributed by atoms with E-state index in [9.17, 15) is 9.90 Å². The maximum absolute atomic E-state index is 12.5. The average Bonchev–Trinajstić information content (AvgIpc) is 2.52. The standard InChI is InChI=1S/C19H22N2O2/c1-19(2)13-21(17(19)15-8-4-3-5-9-15)18(23)20-12-14-7-6-10-16(22)11-14/h3-11,17,22H,12-13H2,1-2H3,(H,20,23). The van der Waals surface area contributed by atoms with Gasteiger partial charge in [0.05, 0.1) is 6.04 Å². The van der Waals surface area contributed by atoms with Crippen LogP contribution in [0.2, 0.25) is 0 Å². The second-order valence-corrected chi connectivity index (χ2v) is 6.76. The van der Waals surface area contributed by atoms with E-state index in [0.29, 0.717) is 6.54 Å². The minimum atomic E-state index is -0.0680. The molecule has 1 aliphatic heterocycles. The molecule has 3 rings (SSSR count). The number of hydrogen-bond acceptors (Lipinski definition) is 2. The number of carbonyl (C=O) groups excluding carboxylic acids is 1. The molecule has 4 heteroatoms. The predicted octanol–water partition coefficient (Wildman–Crippen LogP) is 3.68. The monoisotopic (exact) mass is 310 g/mol. The lowest BCUT2D eigenvalue weighted by Gasteiger charge is -2.54. The van der Waals surface area contributed by atoms with Gasteiger partial charge in [0.2, 0.25) is 0 Å². The zero-order valence-corrected chi connectivity index (χ0v) is 13.5. The van der Waals surface area contributed by atoms with Crippen molar-refractivity contribution in [3.8, 4) is 5.75 Å². The molecule has 0 aliphatic carbocycles. The predicted molar refractivity (Wildman–Crippen MR) is 90.0 cm³/mol. The van der Waals surface area contributed by atoms with Gasteiger partial charge in [0, 0.05) is 18.5 Å². The molecular weight excluding hydrogens is 288 g/mol. The number of nitrogens with zero attached hydrogens (tertiary/aromatic N) is 1. The smallest absolute Gasteiger partial charge is 0.318 e. The van der Waals surface area contributed by atoms with E-state index in [1.807, 2.05) is 29.2 Å². The van der Waals surface area contributed by atoms with Crippen LogP contribution in [0, 0.1) is 5.41 Å². The van der Waals surface area contributed by atoms with Crippen LogP contribution in [0.5, 0.6) is 5.75 Å². The summed E-state index contributed by atoms with van der Waals surface area (Å²) in [5.41, 5.74) is 2.12. The van der Waals surface area contributed by atoms with Gasteiger partial charge in [-0.15, -0.1) is 0 Å². The molecule has 1 unspecified atom stereocenters. The number of urea groups is 1. The highest BCUT2D eigenvalue weighted by molar-refractivity contribution is 5.76. The highest BCUT2D eigenvalue weighted by Crippen LogP contribution is 2.48. The fourth-order valence-electron chi connectivity index (χ4n) is 3.33. The molecule has 1 atom stereocenters. The van der Waals surface area contributed by atoms with Crippen molar-refractivity contribution in [2.45, 2.75) is 26.4 Å². The van der Waals surface area contributed by atoms with Gasteiger partial charge in [0.25, 0.3) is 0 Å². The van der Waals surface area contributed by atoms with Crippen molar-refractivity contribution >= 4 is 6.03 Å². The van der Waals surface area contributed by atoms with Crippen molar-refractivity contribution in [3.05, 3.63) is 65.7 Å². The van der Waals surface area contributed by atoms with Crippen LogP contribution in [0.25, 0.3) is 0 Å². The molecule has 1 fully saturated rings. The second-order valence-electron chi connectivity index (χ2n) is 6.76. The number of aromatic hydroxyl groups is 1. The first kappa shape index (κ1) is 15.4. The van der Waals surface area contributed by atoms with Crippen LogP contribution in [0.1, 0.15) is 31.0 Å². The molecule has 23 heavy (non-hydrogen) atoms. The number of amides is 2. The summed E-state index contributed by atoms with van der Waals surface area (Å²) < 4.78 is 0. The van der Waals surface area contributed by atoms with Crippen molar-refractivity contribution < 1.29 is 9.90 Å². The lowest BCUT2D eigenvalue weighted by Crippen LogP contribution is -2.60. The van der Waals surface area contributed by atoms with Gasteiger partial charge in [-0.1, -0.05) is 56.3 Å². The van der Waals surface area contributed by atoms with Crippen molar-refractivity contribution in [1.29, 1.82) is 0 Å². The number of carbonyl (C=O) groups is 1. The fourth-order valence-corrected chi connectivity index (χ4v) is 3.33. The number of likely N-dealkylation sites (tertiary alicyclic amines) is 1. The van der Waals surface area contributed by atoms with Gasteiger partial charge in [-0.2, -0.15) is 0 Å². The van der Waals surface area contributed by atoms with Crippen LogP contribution in [0.15, 0.2) is 54.6 Å². The molecule has 4 nitrogen and oxygen atoms in total. The van der Waals surface area contributed by atoms with Crippen LogP contribution in [0.3, 0.4) is 0 Å². The van der Waals surface area contributed by atoms with Gasteiger partial charge in [0.1, 0.15) is 5.75 Å². The first-order valence-electron chi connectivity index (χ1n) is 7.85. The Hall–Kier alpha value is -2.49. The van der Waals surface area contributed by atoms with E-state index >= 15 is 0 Å². The van der Waals surface area contributed by atoms with Gasteiger partial charge in [-0.3, -0.25) is 0 Å². The molecule has 0 aromatic heterocycles. The van der Waals surface area contributed by atoms with E-state index in [1.54, 1.807) is 18.2 Å². The number of nitrogens with one attached hydrogen (secondary N) is 1. The van der Waals surface area contributed by atoms with Gasteiger partial charge >= 0.3 is 6.03 Å². The number of rotatable bonds is 3. The summed E-state index contributed by atoms with van der Waals surface area (Å²) in [4.78, 5) is 14.4. The third kappa shape index (κ3) is 3.16. The molecule has 0 bridgehead atoms. The molecule has 2 aromatic rings. The zero-order valence-electron chi connectivity index (χ0n) is 13.5. The second kappa shape index (κ2) is 5.95. The molecule has 1 aliphatic rings. The van der Waals surface area contributed by atoms with E-state index in [0.717, 1.165) is 17.7 Å². The third-order valence-corrected chi connectivity index (χ3v) is 4.36. The number of hydrogen-bond donors (Lipinski definition) is 2. The molecule has 1 heterocycles. The van der Waals surface area contributed by atoms with E-state index < -0.39 is 0 Å². The molecule has 2 amide bonds. The molecule has 0 radical (unpaired) electrons. The molecular formula is C19H22N2O2. The van der Waals surface area contributed by atoms with Crippen LogP contribution >= 0.6 is 0 Å². The minimum Gasteiger partial charge on any atom is -0.508 e. The summed E-state index contributed by atoms with van der Waals surface area (Å²) in [6, 6.07) is 17.1. The lowest BCUT2D eigenvalue weighted by molar-refractivity contribution is -0.0165. The normalized spacial score (nSPS) is 19.0. The lowest BCUT2D eigenvalue weighted by atomic mass is 9.72. The summed E-state index contributed by atoms with van der Waals surface area (Å²) in [5.74, 6) is 0.212. The fraction of sp³-hybridized carbons (Fsp3) is 0.316. The average molecular weight is 310 g/mol. The number of phenolic OH excluding ortho intramolecular Hbond substituents is 1. The van der Waals surface area contributed by atoms with Crippen LogP contribution < -0.4 is 5.32 Å². The maximum atomic E-state index is 12.5. The first-order valence-corrected chi connectivity index (χ1v) is 7.85. The Labute approximate surface area is 136 Å². The molecule has 0 spiro atoms. The van der Waals surface area contributed by atoms with Gasteiger partial charge in [-0.05, 0) is 23.3 Å². The van der Waals surface area contributed by atoms with E-state index in [4.69, 9.17) is 0 Å². The van der Waals surface area contributed by atoms with E-state index in [-0.39, 0.29) is 23.2 Å². The van der Waals surface area contributed by atoms with Crippen LogP contribution in [-0.4, -0.2) is 22.6 Å². The molecule has 2 aromatic carbocycles. The third-order valence-electron chi connectivity index (χ3n) is 4.36. The highest BCUT2D eigenvalue weighted by Gasteiger charge is 2.48. The van der Waals surface area contributed by atoms with Crippen molar-refractivity contribution in [3.63, 3.8) is 0 Å². The Balaban J connectivity index is 1.67. The molecule has 0 saturated carbocycles. The highest BCUT2D eigenvalue weighted by atomic mass is 16.3. The van der Waals surface area contributed by atoms with E-state index in [1.165, 1.54) is 0 Å². The van der Waals surface area contributed by atoms with Crippen LogP contribution in [-0.2, 0) is 6.54 Å². The SMILES string of the molecule is CC1(C)CN(C(=O)NCc2cccc(O)c2)C1c1ccccc1. The summed E-state index contributed by atoms with van der Waals surface area (Å²) >= 11 is 0. The summed E-state index contributed by atoms with van der Waals surface area (Å²) in [5, 5.41) is 12.4. The quantitative estimate of drug-likeness (QED) is 0.908. The Bertz CT molecular complexity index is 698. The maximum Gasteiger partial charge on any atom is 0.318 e. The zero-order chi connectivity index (χ0) is 16.4. The molecule has 1 saturated heterocycles. The Morgan fingerprint density at radius 1 is 1.22 bits per heavy atom. The van der Waals surface area contributed by atoms with Crippen LogP contribution in [0.4, 0.5) is 4.79 Å². The van der Waals surface area contributed by atoms with Crippen molar-refractivity contribution in [2.24, 2.45) is 5.41 Å². The van der Waals surface area contributed by atoms with Gasteiger partial charge in [0.15, 0.2) is 0 Å². The Morgan fingerprint density at radius 2 is 1.96 bits per heavy atom. The summed E-state index contributed by atoms with van der Waals surface area (Å²) in [6.07, 6.45) is 0. The Kier molecular flexibility index (Phi) is 3.99. The van der Waals surface area contributed by atoms with Gasteiger partial charge < -0.3 is 15.3 Å².